The normalized spacial score (nSPS) is 16.0. The van der Waals surface area contributed by atoms with Crippen LogP contribution in [0.15, 0.2) is 27.9 Å². The predicted octanol–water partition coefficient (Wildman–Crippen LogP) is 2.65. The lowest BCUT2D eigenvalue weighted by Crippen LogP contribution is -2.34. The number of aliphatic imine (C=N–C) groups is 1. The van der Waals surface area contributed by atoms with Gasteiger partial charge in [0.25, 0.3) is 0 Å². The second-order valence-corrected chi connectivity index (χ2v) is 6.92. The first-order valence-electron chi connectivity index (χ1n) is 7.79. The molecule has 118 valence electrons. The Bertz CT molecular complexity index is 687. The van der Waals surface area contributed by atoms with Gasteiger partial charge in [0, 0.05) is 36.4 Å². The van der Waals surface area contributed by atoms with Crippen molar-refractivity contribution >= 4 is 27.5 Å². The number of rotatable bonds is 5. The van der Waals surface area contributed by atoms with Crippen molar-refractivity contribution in [2.75, 3.05) is 13.1 Å². The molecule has 3 rings (SSSR count). The minimum Gasteiger partial charge on any atom is -0.370 e. The van der Waals surface area contributed by atoms with Gasteiger partial charge in [0.1, 0.15) is 5.65 Å². The molecular formula is C16H22BrN5. The molecule has 0 aromatic carbocycles. The maximum absolute atomic E-state index is 5.89. The van der Waals surface area contributed by atoms with Crippen molar-refractivity contribution in [1.82, 2.24) is 14.7 Å². The number of aryl methyl sites for hydroxylation is 1. The van der Waals surface area contributed by atoms with Crippen LogP contribution in [-0.2, 0) is 6.42 Å². The van der Waals surface area contributed by atoms with Crippen LogP contribution in [0.2, 0.25) is 0 Å². The Morgan fingerprint density at radius 3 is 3.05 bits per heavy atom. The number of aromatic nitrogens is 2. The summed E-state index contributed by atoms with van der Waals surface area (Å²) in [5.41, 5.74) is 9.11. The van der Waals surface area contributed by atoms with Crippen molar-refractivity contribution in [2.45, 2.75) is 32.6 Å². The second-order valence-electron chi connectivity index (χ2n) is 6.00. The summed E-state index contributed by atoms with van der Waals surface area (Å²) in [4.78, 5) is 9.07. The first-order valence-corrected chi connectivity index (χ1v) is 8.58. The van der Waals surface area contributed by atoms with Gasteiger partial charge >= 0.3 is 0 Å². The van der Waals surface area contributed by atoms with Crippen molar-refractivity contribution in [1.29, 1.82) is 0 Å². The summed E-state index contributed by atoms with van der Waals surface area (Å²) in [7, 11) is 0. The van der Waals surface area contributed by atoms with Crippen molar-refractivity contribution in [2.24, 2.45) is 16.6 Å². The topological polar surface area (TPSA) is 67.7 Å². The van der Waals surface area contributed by atoms with E-state index in [9.17, 15) is 0 Å². The first-order chi connectivity index (χ1) is 10.6. The Labute approximate surface area is 139 Å². The molecule has 0 bridgehead atoms. The SMILES string of the molecule is Cc1cc(Br)cn2cc(CCNC(N)=NCC3CCC3)nc12. The van der Waals surface area contributed by atoms with E-state index in [2.05, 4.69) is 54.8 Å². The largest absolute Gasteiger partial charge is 0.370 e. The van der Waals surface area contributed by atoms with Crippen LogP contribution < -0.4 is 11.1 Å². The lowest BCUT2D eigenvalue weighted by Gasteiger charge is -2.23. The number of nitrogens with two attached hydrogens (primary N) is 1. The average molecular weight is 364 g/mol. The fourth-order valence-electron chi connectivity index (χ4n) is 2.67. The smallest absolute Gasteiger partial charge is 0.188 e. The summed E-state index contributed by atoms with van der Waals surface area (Å²) in [5, 5.41) is 3.17. The highest BCUT2D eigenvalue weighted by Crippen LogP contribution is 2.26. The highest BCUT2D eigenvalue weighted by atomic mass is 79.9. The van der Waals surface area contributed by atoms with Crippen LogP contribution in [-0.4, -0.2) is 28.4 Å². The molecule has 0 aliphatic heterocycles. The van der Waals surface area contributed by atoms with Crippen LogP contribution in [0, 0.1) is 12.8 Å². The van der Waals surface area contributed by atoms with Crippen molar-refractivity contribution in [3.63, 3.8) is 0 Å². The molecule has 1 aliphatic carbocycles. The molecule has 2 aromatic rings. The molecule has 0 unspecified atom stereocenters. The Morgan fingerprint density at radius 1 is 1.50 bits per heavy atom. The monoisotopic (exact) mass is 363 g/mol. The molecule has 2 aromatic heterocycles. The zero-order valence-electron chi connectivity index (χ0n) is 12.8. The minimum atomic E-state index is 0.551. The van der Waals surface area contributed by atoms with Crippen molar-refractivity contribution in [3.8, 4) is 0 Å². The number of nitrogens with one attached hydrogen (secondary N) is 1. The van der Waals surface area contributed by atoms with E-state index < -0.39 is 0 Å². The highest BCUT2D eigenvalue weighted by Gasteiger charge is 2.16. The number of imidazole rings is 1. The first kappa shape index (κ1) is 15.3. The highest BCUT2D eigenvalue weighted by molar-refractivity contribution is 9.10. The number of guanidine groups is 1. The number of hydrogen-bond acceptors (Lipinski definition) is 2. The summed E-state index contributed by atoms with van der Waals surface area (Å²) in [6, 6.07) is 2.08. The summed E-state index contributed by atoms with van der Waals surface area (Å²) in [5.74, 6) is 1.30. The van der Waals surface area contributed by atoms with Gasteiger partial charge in [-0.05, 0) is 53.2 Å². The molecule has 6 heteroatoms. The number of pyridine rings is 1. The van der Waals surface area contributed by atoms with E-state index in [1.54, 1.807) is 0 Å². The lowest BCUT2D eigenvalue weighted by atomic mass is 9.86. The van der Waals surface area contributed by atoms with Gasteiger partial charge in [-0.2, -0.15) is 0 Å². The van der Waals surface area contributed by atoms with Gasteiger partial charge in [-0.1, -0.05) is 6.42 Å². The predicted molar refractivity (Wildman–Crippen MR) is 93.2 cm³/mol. The van der Waals surface area contributed by atoms with Gasteiger partial charge in [-0.3, -0.25) is 4.99 Å². The zero-order valence-corrected chi connectivity index (χ0v) is 14.4. The van der Waals surface area contributed by atoms with Crippen LogP contribution in [0.4, 0.5) is 0 Å². The van der Waals surface area contributed by atoms with E-state index in [0.717, 1.165) is 46.8 Å². The third-order valence-corrected chi connectivity index (χ3v) is 4.62. The third kappa shape index (κ3) is 3.61. The number of nitrogens with zero attached hydrogens (tertiary/aromatic N) is 3. The molecule has 5 nitrogen and oxygen atoms in total. The number of fused-ring (bicyclic) bond motifs is 1. The van der Waals surface area contributed by atoms with E-state index in [0.29, 0.717) is 5.96 Å². The van der Waals surface area contributed by atoms with Crippen LogP contribution in [0.5, 0.6) is 0 Å². The van der Waals surface area contributed by atoms with Gasteiger partial charge in [0.05, 0.1) is 5.69 Å². The van der Waals surface area contributed by atoms with Gasteiger partial charge < -0.3 is 15.5 Å². The summed E-state index contributed by atoms with van der Waals surface area (Å²) in [6.07, 6.45) is 8.87. The summed E-state index contributed by atoms with van der Waals surface area (Å²) >= 11 is 3.51. The fraction of sp³-hybridized carbons (Fsp3) is 0.500. The molecule has 0 atom stereocenters. The molecule has 0 radical (unpaired) electrons. The summed E-state index contributed by atoms with van der Waals surface area (Å²) in [6.45, 7) is 3.69. The summed E-state index contributed by atoms with van der Waals surface area (Å²) < 4.78 is 3.12. The Morgan fingerprint density at radius 2 is 2.32 bits per heavy atom. The number of halogens is 1. The van der Waals surface area contributed by atoms with E-state index in [-0.39, 0.29) is 0 Å². The van der Waals surface area contributed by atoms with Crippen molar-refractivity contribution in [3.05, 3.63) is 34.2 Å². The minimum absolute atomic E-state index is 0.551. The van der Waals surface area contributed by atoms with Gasteiger partial charge in [-0.15, -0.1) is 0 Å². The Balaban J connectivity index is 1.54. The van der Waals surface area contributed by atoms with Gasteiger partial charge in [0.2, 0.25) is 0 Å². The van der Waals surface area contributed by atoms with Crippen LogP contribution in [0.25, 0.3) is 5.65 Å². The standard InChI is InChI=1S/C16H22BrN5/c1-11-7-13(17)9-22-10-14(21-15(11)22)5-6-19-16(18)20-8-12-3-2-4-12/h7,9-10,12H,2-6,8H2,1H3,(H3,18,19,20). The molecule has 0 spiro atoms. The fourth-order valence-corrected chi connectivity index (χ4v) is 3.24. The molecule has 0 saturated heterocycles. The molecular weight excluding hydrogens is 342 g/mol. The van der Waals surface area contributed by atoms with Crippen LogP contribution in [0.3, 0.4) is 0 Å². The quantitative estimate of drug-likeness (QED) is 0.633. The molecule has 3 N–H and O–H groups in total. The molecule has 1 fully saturated rings. The Hall–Kier alpha value is -1.56. The van der Waals surface area contributed by atoms with E-state index in [4.69, 9.17) is 5.73 Å². The molecule has 2 heterocycles. The zero-order chi connectivity index (χ0) is 15.5. The molecule has 22 heavy (non-hydrogen) atoms. The van der Waals surface area contributed by atoms with Gasteiger partial charge in [0.15, 0.2) is 5.96 Å². The van der Waals surface area contributed by atoms with Crippen LogP contribution in [0.1, 0.15) is 30.5 Å². The third-order valence-electron chi connectivity index (χ3n) is 4.18. The number of hydrogen-bond donors (Lipinski definition) is 2. The lowest BCUT2D eigenvalue weighted by molar-refractivity contribution is 0.326. The van der Waals surface area contributed by atoms with Crippen LogP contribution >= 0.6 is 15.9 Å². The maximum Gasteiger partial charge on any atom is 0.188 e. The van der Waals surface area contributed by atoms with E-state index in [1.807, 2.05) is 6.20 Å². The van der Waals surface area contributed by atoms with Crippen molar-refractivity contribution < 1.29 is 0 Å². The van der Waals surface area contributed by atoms with E-state index >= 15 is 0 Å². The molecule has 0 amide bonds. The van der Waals surface area contributed by atoms with Gasteiger partial charge in [-0.25, -0.2) is 4.98 Å². The van der Waals surface area contributed by atoms with E-state index in [1.165, 1.54) is 19.3 Å². The molecule has 1 saturated carbocycles. The molecule has 1 aliphatic rings. The maximum atomic E-state index is 5.89. The second kappa shape index (κ2) is 6.69. The Kier molecular flexibility index (Phi) is 4.66. The average Bonchev–Trinajstić information content (AvgIpc) is 2.80.